The van der Waals surface area contributed by atoms with E-state index >= 15 is 0 Å². The van der Waals surface area contributed by atoms with Crippen LogP contribution in [0, 0.1) is 5.41 Å². The quantitative estimate of drug-likeness (QED) is 0.178. The molecule has 0 aliphatic carbocycles. The molecule has 1 heterocycles. The molecule has 0 saturated heterocycles. The molecule has 0 amide bonds. The summed E-state index contributed by atoms with van der Waals surface area (Å²) in [6, 6.07) is 28.4. The van der Waals surface area contributed by atoms with Crippen LogP contribution in [0.2, 0.25) is 0 Å². The lowest BCUT2D eigenvalue weighted by atomic mass is 9.72. The first-order valence-corrected chi connectivity index (χ1v) is 13.1. The van der Waals surface area contributed by atoms with Gasteiger partial charge in [0.25, 0.3) is 0 Å². The summed E-state index contributed by atoms with van der Waals surface area (Å²) in [5, 5.41) is 28.7. The highest BCUT2D eigenvalue weighted by molar-refractivity contribution is 5.93. The highest BCUT2D eigenvalue weighted by Crippen LogP contribution is 2.38. The van der Waals surface area contributed by atoms with E-state index < -0.39 is 5.97 Å². The number of para-hydroxylation sites is 2. The van der Waals surface area contributed by atoms with Gasteiger partial charge in [0.15, 0.2) is 0 Å². The second-order valence-corrected chi connectivity index (χ2v) is 11.5. The van der Waals surface area contributed by atoms with Crippen LogP contribution in [0.3, 0.4) is 0 Å². The summed E-state index contributed by atoms with van der Waals surface area (Å²) in [5.41, 5.74) is 3.80. The van der Waals surface area contributed by atoms with Crippen LogP contribution in [0.1, 0.15) is 57.0 Å². The molecule has 4 aromatic carbocycles. The number of benzene rings is 4. The SMILES string of the molecule is CC(C)(C)CC(C)(C)c1ccc(O)c(-n2nc3ccccc3n2)c1.O=C(Oc1ccccc1)c1ccccc1O. The van der Waals surface area contributed by atoms with Gasteiger partial charge < -0.3 is 14.9 Å². The Morgan fingerprint density at radius 1 is 0.750 bits per heavy atom. The number of aromatic hydroxyl groups is 2. The number of phenolic OH excluding ortho intramolecular Hbond substituents is 2. The monoisotopic (exact) mass is 537 g/mol. The zero-order valence-corrected chi connectivity index (χ0v) is 23.5. The highest BCUT2D eigenvalue weighted by Gasteiger charge is 2.28. The van der Waals surface area contributed by atoms with Gasteiger partial charge in [-0.3, -0.25) is 0 Å². The number of esters is 1. The number of ether oxygens (including phenoxy) is 1. The third-order valence-electron chi connectivity index (χ3n) is 6.31. The Bertz CT molecular complexity index is 1570. The Kier molecular flexibility index (Phi) is 8.24. The first-order valence-electron chi connectivity index (χ1n) is 13.1. The van der Waals surface area contributed by atoms with Gasteiger partial charge in [-0.05, 0) is 71.3 Å². The number of carbonyl (C=O) groups excluding carboxylic acids is 1. The fraction of sp³-hybridized carbons (Fsp3) is 0.242. The molecule has 2 N–H and O–H groups in total. The first-order chi connectivity index (χ1) is 18.9. The van der Waals surface area contributed by atoms with E-state index in [-0.39, 0.29) is 27.9 Å². The van der Waals surface area contributed by atoms with E-state index in [0.717, 1.165) is 17.5 Å². The van der Waals surface area contributed by atoms with E-state index in [1.807, 2.05) is 42.5 Å². The minimum absolute atomic E-state index is 0.00667. The number of nitrogens with zero attached hydrogens (tertiary/aromatic N) is 3. The summed E-state index contributed by atoms with van der Waals surface area (Å²) < 4.78 is 5.08. The first kappa shape index (κ1) is 28.4. The van der Waals surface area contributed by atoms with Crippen molar-refractivity contribution >= 4 is 17.0 Å². The maximum absolute atomic E-state index is 11.7. The van der Waals surface area contributed by atoms with E-state index in [4.69, 9.17) is 4.74 Å². The summed E-state index contributed by atoms with van der Waals surface area (Å²) in [6.07, 6.45) is 1.04. The maximum atomic E-state index is 11.7. The van der Waals surface area contributed by atoms with Gasteiger partial charge in [-0.15, -0.1) is 15.0 Å². The van der Waals surface area contributed by atoms with Crippen LogP contribution in [0.15, 0.2) is 97.1 Å². The van der Waals surface area contributed by atoms with Crippen molar-refractivity contribution in [3.05, 3.63) is 108 Å². The Hall–Kier alpha value is -4.65. The molecule has 0 aliphatic heterocycles. The Morgan fingerprint density at radius 2 is 1.32 bits per heavy atom. The zero-order valence-electron chi connectivity index (χ0n) is 23.5. The zero-order chi connectivity index (χ0) is 28.9. The molecule has 40 heavy (non-hydrogen) atoms. The van der Waals surface area contributed by atoms with Gasteiger partial charge in [-0.25, -0.2) is 4.79 Å². The normalized spacial score (nSPS) is 11.5. The van der Waals surface area contributed by atoms with Crippen LogP contribution in [-0.4, -0.2) is 31.2 Å². The van der Waals surface area contributed by atoms with Gasteiger partial charge >= 0.3 is 5.97 Å². The van der Waals surface area contributed by atoms with Gasteiger partial charge in [-0.1, -0.05) is 83.1 Å². The molecular formula is C33H35N3O4. The van der Waals surface area contributed by atoms with Crippen molar-refractivity contribution < 1.29 is 19.7 Å². The van der Waals surface area contributed by atoms with E-state index in [1.54, 1.807) is 42.5 Å². The smallest absolute Gasteiger partial charge is 0.347 e. The van der Waals surface area contributed by atoms with Crippen LogP contribution >= 0.6 is 0 Å². The predicted molar refractivity (Wildman–Crippen MR) is 157 cm³/mol. The minimum Gasteiger partial charge on any atom is -0.507 e. The highest BCUT2D eigenvalue weighted by atomic mass is 16.5. The van der Waals surface area contributed by atoms with Crippen LogP contribution in [0.5, 0.6) is 17.2 Å². The van der Waals surface area contributed by atoms with Crippen LogP contribution in [0.4, 0.5) is 0 Å². The van der Waals surface area contributed by atoms with Crippen molar-refractivity contribution in [2.24, 2.45) is 5.41 Å². The molecule has 1 aromatic heterocycles. The second kappa shape index (κ2) is 11.6. The second-order valence-electron chi connectivity index (χ2n) is 11.5. The van der Waals surface area contributed by atoms with Crippen molar-refractivity contribution in [1.29, 1.82) is 0 Å². The molecule has 7 nitrogen and oxygen atoms in total. The number of phenols is 2. The van der Waals surface area contributed by atoms with E-state index in [1.165, 1.54) is 22.5 Å². The van der Waals surface area contributed by atoms with Crippen molar-refractivity contribution in [2.75, 3.05) is 0 Å². The molecular weight excluding hydrogens is 502 g/mol. The number of hydrogen-bond donors (Lipinski definition) is 2. The third kappa shape index (κ3) is 7.05. The van der Waals surface area contributed by atoms with Gasteiger partial charge in [0, 0.05) is 0 Å². The summed E-state index contributed by atoms with van der Waals surface area (Å²) in [4.78, 5) is 13.2. The lowest BCUT2D eigenvalue weighted by Crippen LogP contribution is -2.25. The molecule has 5 aromatic rings. The van der Waals surface area contributed by atoms with Crippen LogP contribution in [-0.2, 0) is 5.41 Å². The fourth-order valence-electron chi connectivity index (χ4n) is 4.80. The molecule has 0 spiro atoms. The third-order valence-corrected chi connectivity index (χ3v) is 6.31. The Morgan fingerprint density at radius 3 is 1.93 bits per heavy atom. The lowest BCUT2D eigenvalue weighted by molar-refractivity contribution is 0.0731. The molecule has 206 valence electrons. The van der Waals surface area contributed by atoms with Crippen molar-refractivity contribution in [3.63, 3.8) is 0 Å². The van der Waals surface area contributed by atoms with Crippen molar-refractivity contribution in [2.45, 2.75) is 46.5 Å². The molecule has 0 bridgehead atoms. The largest absolute Gasteiger partial charge is 0.507 e. The molecule has 7 heteroatoms. The fourth-order valence-corrected chi connectivity index (χ4v) is 4.80. The van der Waals surface area contributed by atoms with Crippen molar-refractivity contribution in [1.82, 2.24) is 15.0 Å². The number of hydrogen-bond acceptors (Lipinski definition) is 6. The molecule has 0 unspecified atom stereocenters. The molecule has 5 rings (SSSR count). The molecule has 0 radical (unpaired) electrons. The van der Waals surface area contributed by atoms with Crippen molar-refractivity contribution in [3.8, 4) is 22.9 Å². The summed E-state index contributed by atoms with van der Waals surface area (Å²) in [5.74, 6) is -0.00546. The molecule has 0 atom stereocenters. The predicted octanol–water partition coefficient (Wildman–Crippen LogP) is 7.45. The van der Waals surface area contributed by atoms with Crippen LogP contribution in [0.25, 0.3) is 16.7 Å². The Labute approximate surface area is 234 Å². The van der Waals surface area contributed by atoms with Gasteiger partial charge in [-0.2, -0.15) is 0 Å². The molecule has 0 aliphatic rings. The topological polar surface area (TPSA) is 97.5 Å². The summed E-state index contributed by atoms with van der Waals surface area (Å²) in [7, 11) is 0. The van der Waals surface area contributed by atoms with Gasteiger partial charge in [0.05, 0.1) is 0 Å². The molecule has 0 saturated carbocycles. The lowest BCUT2D eigenvalue weighted by Gasteiger charge is -2.33. The number of fused-ring (bicyclic) bond motifs is 1. The van der Waals surface area contributed by atoms with Gasteiger partial charge in [0.1, 0.15) is 39.5 Å². The average Bonchev–Trinajstić information content (AvgIpc) is 3.33. The number of rotatable bonds is 5. The van der Waals surface area contributed by atoms with E-state index in [0.29, 0.717) is 11.4 Å². The molecule has 0 fully saturated rings. The standard InChI is InChI=1S/C20H25N3O.C13H10O3/c1-19(2,3)13-20(4,5)14-10-11-18(24)17(12-14)23-21-15-8-6-7-9-16(15)22-23;14-12-9-5-4-8-11(12)13(15)16-10-6-2-1-3-7-10/h6-12,24H,13H2,1-5H3;1-9,14H. The van der Waals surface area contributed by atoms with Gasteiger partial charge in [0.2, 0.25) is 0 Å². The summed E-state index contributed by atoms with van der Waals surface area (Å²) in [6.45, 7) is 11.2. The number of aromatic nitrogens is 3. The number of carbonyl (C=O) groups is 1. The Balaban J connectivity index is 0.000000201. The van der Waals surface area contributed by atoms with E-state index in [9.17, 15) is 15.0 Å². The maximum Gasteiger partial charge on any atom is 0.347 e. The summed E-state index contributed by atoms with van der Waals surface area (Å²) >= 11 is 0. The average molecular weight is 538 g/mol. The van der Waals surface area contributed by atoms with E-state index in [2.05, 4.69) is 44.8 Å². The minimum atomic E-state index is -0.565. The van der Waals surface area contributed by atoms with Crippen LogP contribution < -0.4 is 4.74 Å².